The Labute approximate surface area is 108 Å². The van der Waals surface area contributed by atoms with Gasteiger partial charge in [-0.05, 0) is 55.3 Å². The lowest BCUT2D eigenvalue weighted by Crippen LogP contribution is -2.57. The van der Waals surface area contributed by atoms with E-state index in [1.54, 1.807) is 0 Å². The van der Waals surface area contributed by atoms with Gasteiger partial charge in [-0.1, -0.05) is 13.8 Å². The van der Waals surface area contributed by atoms with Crippen LogP contribution in [-0.2, 0) is 5.41 Å². The highest BCUT2D eigenvalue weighted by Crippen LogP contribution is 2.69. The minimum Gasteiger partial charge on any atom is -0.425 e. The smallest absolute Gasteiger partial charge is 0.222 e. The Bertz CT molecular complexity index is 488. The van der Waals surface area contributed by atoms with Crippen LogP contribution in [0.15, 0.2) is 4.42 Å². The maximum absolute atomic E-state index is 5.84. The van der Waals surface area contributed by atoms with Crippen LogP contribution in [0.1, 0.15) is 64.2 Å². The van der Waals surface area contributed by atoms with Crippen LogP contribution in [0.3, 0.4) is 0 Å². The van der Waals surface area contributed by atoms with E-state index in [9.17, 15) is 0 Å². The summed E-state index contributed by atoms with van der Waals surface area (Å²) in [7, 11) is 0. The first-order valence-electron chi connectivity index (χ1n) is 7.21. The van der Waals surface area contributed by atoms with Gasteiger partial charge >= 0.3 is 0 Å². The summed E-state index contributed by atoms with van der Waals surface area (Å²) in [6, 6.07) is 0. The van der Waals surface area contributed by atoms with Crippen LogP contribution in [0, 0.1) is 23.7 Å². The molecule has 4 aliphatic rings. The van der Waals surface area contributed by atoms with Crippen molar-refractivity contribution in [3.8, 4) is 0 Å². The lowest BCUT2D eigenvalue weighted by atomic mass is 9.40. The highest BCUT2D eigenvalue weighted by molar-refractivity contribution is 5.20. The second kappa shape index (κ2) is 3.00. The van der Waals surface area contributed by atoms with Gasteiger partial charge in [0.2, 0.25) is 11.8 Å². The highest BCUT2D eigenvalue weighted by Gasteiger charge is 2.62. The van der Waals surface area contributed by atoms with Gasteiger partial charge < -0.3 is 4.42 Å². The molecule has 0 saturated heterocycles. The number of hydrogen-bond acceptors (Lipinski definition) is 3. The molecule has 0 aromatic carbocycles. The fourth-order valence-corrected chi connectivity index (χ4v) is 6.20. The molecule has 3 heteroatoms. The van der Waals surface area contributed by atoms with E-state index in [-0.39, 0.29) is 5.41 Å². The molecule has 1 heterocycles. The van der Waals surface area contributed by atoms with E-state index >= 15 is 0 Å². The number of aromatic nitrogens is 2. The molecule has 1 aromatic rings. The zero-order valence-electron chi connectivity index (χ0n) is 11.6. The predicted molar refractivity (Wildman–Crippen MR) is 68.1 cm³/mol. The molecule has 0 radical (unpaired) electrons. The molecule has 4 saturated carbocycles. The summed E-state index contributed by atoms with van der Waals surface area (Å²) in [4.78, 5) is 0. The predicted octanol–water partition coefficient (Wildman–Crippen LogP) is 3.63. The fraction of sp³-hybridized carbons (Fsp3) is 0.867. The first-order valence-corrected chi connectivity index (χ1v) is 7.21. The van der Waals surface area contributed by atoms with Gasteiger partial charge in [-0.2, -0.15) is 0 Å². The average molecular weight is 246 g/mol. The summed E-state index contributed by atoms with van der Waals surface area (Å²) in [6.07, 6.45) is 8.02. The largest absolute Gasteiger partial charge is 0.425 e. The normalized spacial score (nSPS) is 49.8. The van der Waals surface area contributed by atoms with E-state index in [1.807, 2.05) is 6.92 Å². The summed E-state index contributed by atoms with van der Waals surface area (Å²) in [6.45, 7) is 6.86. The van der Waals surface area contributed by atoms with Crippen molar-refractivity contribution in [2.24, 2.45) is 16.7 Å². The standard InChI is InChI=1S/C15H22N2O/c1-10-16-17-12(18-10)15-6-11-4-13(2,8-15)7-14(3,5-11)9-15/h11H,4-9H2,1-3H3. The molecule has 3 nitrogen and oxygen atoms in total. The molecule has 0 spiro atoms. The number of hydrogen-bond donors (Lipinski definition) is 0. The second-order valence-corrected chi connectivity index (χ2v) is 8.04. The van der Waals surface area contributed by atoms with Crippen molar-refractivity contribution in [1.29, 1.82) is 0 Å². The number of nitrogens with zero attached hydrogens (tertiary/aromatic N) is 2. The highest BCUT2D eigenvalue weighted by atomic mass is 16.4. The van der Waals surface area contributed by atoms with Crippen LogP contribution in [0.5, 0.6) is 0 Å². The van der Waals surface area contributed by atoms with Gasteiger partial charge in [0.25, 0.3) is 0 Å². The van der Waals surface area contributed by atoms with Crippen LogP contribution in [0.4, 0.5) is 0 Å². The third kappa shape index (κ3) is 1.36. The minimum atomic E-state index is 0.199. The van der Waals surface area contributed by atoms with Crippen molar-refractivity contribution >= 4 is 0 Å². The quantitative estimate of drug-likeness (QED) is 0.759. The van der Waals surface area contributed by atoms with Crippen molar-refractivity contribution in [2.75, 3.05) is 0 Å². The Kier molecular flexibility index (Phi) is 1.83. The van der Waals surface area contributed by atoms with Crippen LogP contribution in [0.25, 0.3) is 0 Å². The molecule has 0 aliphatic heterocycles. The van der Waals surface area contributed by atoms with Gasteiger partial charge in [0.05, 0.1) is 0 Å². The van der Waals surface area contributed by atoms with Gasteiger partial charge in [-0.3, -0.25) is 0 Å². The van der Waals surface area contributed by atoms with Crippen LogP contribution in [0.2, 0.25) is 0 Å². The van der Waals surface area contributed by atoms with E-state index in [1.165, 1.54) is 38.5 Å². The molecular weight excluding hydrogens is 224 g/mol. The van der Waals surface area contributed by atoms with Crippen molar-refractivity contribution in [3.05, 3.63) is 11.8 Å². The first kappa shape index (κ1) is 11.0. The molecule has 4 fully saturated rings. The van der Waals surface area contributed by atoms with Crippen LogP contribution >= 0.6 is 0 Å². The van der Waals surface area contributed by atoms with Crippen molar-refractivity contribution < 1.29 is 4.42 Å². The zero-order valence-corrected chi connectivity index (χ0v) is 11.6. The summed E-state index contributed by atoms with van der Waals surface area (Å²) >= 11 is 0. The van der Waals surface area contributed by atoms with Crippen LogP contribution < -0.4 is 0 Å². The maximum Gasteiger partial charge on any atom is 0.222 e. The molecule has 1 aromatic heterocycles. The Morgan fingerprint density at radius 3 is 2.17 bits per heavy atom. The average Bonchev–Trinajstić information content (AvgIpc) is 2.59. The Morgan fingerprint density at radius 2 is 1.67 bits per heavy atom. The van der Waals surface area contributed by atoms with E-state index in [2.05, 4.69) is 24.0 Å². The SMILES string of the molecule is Cc1nnc(C23CC4CC(C)(CC(C)(C4)C2)C3)o1. The molecule has 0 N–H and O–H groups in total. The number of rotatable bonds is 1. The summed E-state index contributed by atoms with van der Waals surface area (Å²) in [5.41, 5.74) is 1.22. The monoisotopic (exact) mass is 246 g/mol. The molecule has 2 unspecified atom stereocenters. The summed E-state index contributed by atoms with van der Waals surface area (Å²) in [5, 5.41) is 8.45. The minimum absolute atomic E-state index is 0.199. The molecular formula is C15H22N2O. The number of aryl methyl sites for hydroxylation is 1. The molecule has 18 heavy (non-hydrogen) atoms. The van der Waals surface area contributed by atoms with E-state index in [0.717, 1.165) is 17.7 Å². The van der Waals surface area contributed by atoms with Crippen molar-refractivity contribution in [3.63, 3.8) is 0 Å². The molecule has 5 rings (SSSR count). The van der Waals surface area contributed by atoms with Gasteiger partial charge in [0.15, 0.2) is 0 Å². The fourth-order valence-electron chi connectivity index (χ4n) is 6.20. The molecule has 0 amide bonds. The van der Waals surface area contributed by atoms with E-state index < -0.39 is 0 Å². The van der Waals surface area contributed by atoms with Gasteiger partial charge in [0, 0.05) is 12.3 Å². The van der Waals surface area contributed by atoms with Gasteiger partial charge in [-0.25, -0.2) is 0 Å². The van der Waals surface area contributed by atoms with Crippen molar-refractivity contribution in [2.45, 2.75) is 64.7 Å². The third-order valence-corrected chi connectivity index (χ3v) is 5.61. The molecule has 98 valence electrons. The lowest BCUT2D eigenvalue weighted by molar-refractivity contribution is -0.117. The molecule has 2 atom stereocenters. The summed E-state index contributed by atoms with van der Waals surface area (Å²) in [5.74, 6) is 2.53. The maximum atomic E-state index is 5.84. The van der Waals surface area contributed by atoms with Gasteiger partial charge in [-0.15, -0.1) is 10.2 Å². The van der Waals surface area contributed by atoms with Gasteiger partial charge in [0.1, 0.15) is 0 Å². The second-order valence-electron chi connectivity index (χ2n) is 8.04. The summed E-state index contributed by atoms with van der Waals surface area (Å²) < 4.78 is 5.84. The van der Waals surface area contributed by atoms with E-state index in [0.29, 0.717) is 10.8 Å². The van der Waals surface area contributed by atoms with Crippen molar-refractivity contribution in [1.82, 2.24) is 10.2 Å². The Morgan fingerprint density at radius 1 is 1.00 bits per heavy atom. The molecule has 4 bridgehead atoms. The Balaban J connectivity index is 1.82. The first-order chi connectivity index (χ1) is 8.41. The van der Waals surface area contributed by atoms with E-state index in [4.69, 9.17) is 4.42 Å². The third-order valence-electron chi connectivity index (χ3n) is 5.61. The lowest BCUT2D eigenvalue weighted by Gasteiger charge is -2.64. The zero-order chi connectivity index (χ0) is 12.6. The topological polar surface area (TPSA) is 38.9 Å². The molecule has 4 aliphatic carbocycles. The van der Waals surface area contributed by atoms with Crippen LogP contribution in [-0.4, -0.2) is 10.2 Å². The Hall–Kier alpha value is -0.860.